The topological polar surface area (TPSA) is 101 Å². The minimum absolute atomic E-state index is 0.125. The number of aryl methyl sites for hydroxylation is 1. The van der Waals surface area contributed by atoms with Gasteiger partial charge in [-0.2, -0.15) is 5.10 Å². The van der Waals surface area contributed by atoms with Crippen LogP contribution < -0.4 is 15.9 Å². The Morgan fingerprint density at radius 1 is 1.59 bits per heavy atom. The molecule has 0 fully saturated rings. The van der Waals surface area contributed by atoms with Crippen LogP contribution in [0, 0.1) is 6.92 Å². The van der Waals surface area contributed by atoms with Gasteiger partial charge in [0, 0.05) is 11.3 Å². The van der Waals surface area contributed by atoms with Crippen molar-refractivity contribution in [3.05, 3.63) is 35.2 Å². The van der Waals surface area contributed by atoms with Crippen molar-refractivity contribution in [3.8, 4) is 5.75 Å². The van der Waals surface area contributed by atoms with Crippen LogP contribution in [0.1, 0.15) is 17.0 Å². The maximum absolute atomic E-state index is 5.37. The van der Waals surface area contributed by atoms with Crippen LogP contribution in [0.25, 0.3) is 0 Å². The molecule has 0 saturated heterocycles. The summed E-state index contributed by atoms with van der Waals surface area (Å²) in [6.07, 6.45) is 1.64. The second-order valence-electron chi connectivity index (χ2n) is 4.30. The van der Waals surface area contributed by atoms with E-state index in [0.29, 0.717) is 10.9 Å². The van der Waals surface area contributed by atoms with Gasteiger partial charge in [0.25, 0.3) is 0 Å². The molecule has 0 saturated carbocycles. The lowest BCUT2D eigenvalue weighted by Crippen LogP contribution is -2.23. The fourth-order valence-corrected chi connectivity index (χ4v) is 2.57. The number of nitrogens with one attached hydrogen (secondary N) is 2. The number of ether oxygens (including phenoxy) is 1. The van der Waals surface area contributed by atoms with Crippen LogP contribution in [0.2, 0.25) is 0 Å². The number of methoxy groups -OCH3 is 1. The molecule has 2 aromatic rings. The monoisotopic (exact) mass is 336 g/mol. The molecular formula is C13H16N6OS2. The number of hydrogen-bond donors (Lipinski definition) is 3. The van der Waals surface area contributed by atoms with Gasteiger partial charge < -0.3 is 10.5 Å². The van der Waals surface area contributed by atoms with Crippen LogP contribution in [0.4, 0.5) is 0 Å². The SMILES string of the molecule is COc1ccc(C=NNC(N)=S)cc1CSc1n[nH]c(C)n1. The lowest BCUT2D eigenvalue weighted by Gasteiger charge is -2.08. The molecule has 0 aliphatic rings. The third kappa shape index (κ3) is 4.71. The predicted molar refractivity (Wildman–Crippen MR) is 91.2 cm³/mol. The number of hydrazone groups is 1. The number of aromatic amines is 1. The molecule has 0 radical (unpaired) electrons. The fraction of sp³-hybridized carbons (Fsp3) is 0.231. The largest absolute Gasteiger partial charge is 0.496 e. The van der Waals surface area contributed by atoms with Crippen molar-refractivity contribution in [1.29, 1.82) is 0 Å². The number of thiocarbonyl (C=S) groups is 1. The summed E-state index contributed by atoms with van der Waals surface area (Å²) in [5, 5.41) is 11.7. The molecule has 1 heterocycles. The van der Waals surface area contributed by atoms with Gasteiger partial charge in [0.05, 0.1) is 13.3 Å². The maximum Gasteiger partial charge on any atom is 0.208 e. The number of thioether (sulfide) groups is 1. The van der Waals surface area contributed by atoms with Crippen LogP contribution in [-0.4, -0.2) is 33.6 Å². The van der Waals surface area contributed by atoms with Crippen LogP contribution in [0.3, 0.4) is 0 Å². The Bertz CT molecular complexity index is 685. The van der Waals surface area contributed by atoms with E-state index < -0.39 is 0 Å². The molecule has 22 heavy (non-hydrogen) atoms. The molecule has 116 valence electrons. The molecule has 0 atom stereocenters. The predicted octanol–water partition coefficient (Wildman–Crippen LogP) is 1.58. The zero-order valence-electron chi connectivity index (χ0n) is 12.2. The number of H-pyrrole nitrogens is 1. The Morgan fingerprint density at radius 3 is 3.05 bits per heavy atom. The van der Waals surface area contributed by atoms with Gasteiger partial charge in [-0.25, -0.2) is 4.98 Å². The highest BCUT2D eigenvalue weighted by Crippen LogP contribution is 2.26. The van der Waals surface area contributed by atoms with E-state index in [9.17, 15) is 0 Å². The fourth-order valence-electron chi connectivity index (χ4n) is 1.69. The highest BCUT2D eigenvalue weighted by molar-refractivity contribution is 7.98. The third-order valence-corrected chi connectivity index (χ3v) is 3.61. The van der Waals surface area contributed by atoms with Gasteiger partial charge >= 0.3 is 0 Å². The van der Waals surface area contributed by atoms with E-state index in [-0.39, 0.29) is 5.11 Å². The van der Waals surface area contributed by atoms with Gasteiger partial charge in [0.1, 0.15) is 11.6 Å². The molecule has 0 amide bonds. The molecule has 0 aliphatic carbocycles. The highest BCUT2D eigenvalue weighted by Gasteiger charge is 2.07. The quantitative estimate of drug-likeness (QED) is 0.319. The molecule has 9 heteroatoms. The average Bonchev–Trinajstić information content (AvgIpc) is 2.90. The summed E-state index contributed by atoms with van der Waals surface area (Å²) < 4.78 is 5.37. The second kappa shape index (κ2) is 7.76. The number of rotatable bonds is 6. The van der Waals surface area contributed by atoms with Crippen LogP contribution in [0.15, 0.2) is 28.5 Å². The van der Waals surface area contributed by atoms with E-state index in [1.807, 2.05) is 25.1 Å². The summed E-state index contributed by atoms with van der Waals surface area (Å²) in [7, 11) is 1.64. The van der Waals surface area contributed by atoms with E-state index in [0.717, 1.165) is 22.7 Å². The zero-order chi connectivity index (χ0) is 15.9. The molecule has 2 rings (SSSR count). The van der Waals surface area contributed by atoms with Crippen molar-refractivity contribution >= 4 is 35.3 Å². The van der Waals surface area contributed by atoms with Gasteiger partial charge in [-0.3, -0.25) is 10.5 Å². The van der Waals surface area contributed by atoms with E-state index in [1.54, 1.807) is 13.3 Å². The van der Waals surface area contributed by atoms with Gasteiger partial charge in [0.2, 0.25) is 5.16 Å². The average molecular weight is 336 g/mol. The maximum atomic E-state index is 5.37. The summed E-state index contributed by atoms with van der Waals surface area (Å²) in [5.41, 5.74) is 9.76. The number of aromatic nitrogens is 3. The molecule has 0 spiro atoms. The Morgan fingerprint density at radius 2 is 2.41 bits per heavy atom. The van der Waals surface area contributed by atoms with Crippen molar-refractivity contribution in [3.63, 3.8) is 0 Å². The van der Waals surface area contributed by atoms with E-state index in [2.05, 4.69) is 37.9 Å². The summed E-state index contributed by atoms with van der Waals surface area (Å²) in [6, 6.07) is 5.77. The zero-order valence-corrected chi connectivity index (χ0v) is 13.8. The molecule has 0 bridgehead atoms. The lowest BCUT2D eigenvalue weighted by atomic mass is 10.1. The van der Waals surface area contributed by atoms with Crippen LogP contribution >= 0.6 is 24.0 Å². The van der Waals surface area contributed by atoms with Crippen molar-refractivity contribution in [2.75, 3.05) is 7.11 Å². The van der Waals surface area contributed by atoms with Gasteiger partial charge in [-0.05, 0) is 42.9 Å². The minimum Gasteiger partial charge on any atom is -0.496 e. The summed E-state index contributed by atoms with van der Waals surface area (Å²) in [6.45, 7) is 1.86. The standard InChI is InChI=1S/C13H16N6OS2/c1-8-16-13(19-17-8)22-7-10-5-9(3-4-11(10)20-2)6-15-18-12(14)21/h3-6H,7H2,1-2H3,(H3,14,18,21)(H,16,17,19). The van der Waals surface area contributed by atoms with Crippen LogP contribution in [-0.2, 0) is 5.75 Å². The molecule has 1 aromatic carbocycles. The number of benzene rings is 1. The molecule has 0 aliphatic heterocycles. The molecular weight excluding hydrogens is 320 g/mol. The second-order valence-corrected chi connectivity index (χ2v) is 5.68. The molecule has 4 N–H and O–H groups in total. The molecule has 7 nitrogen and oxygen atoms in total. The first kappa shape index (κ1) is 16.2. The van der Waals surface area contributed by atoms with E-state index >= 15 is 0 Å². The highest BCUT2D eigenvalue weighted by atomic mass is 32.2. The normalized spacial score (nSPS) is 10.8. The Hall–Kier alpha value is -2.13. The molecule has 0 unspecified atom stereocenters. The summed E-state index contributed by atoms with van der Waals surface area (Å²) in [5.74, 6) is 2.28. The number of nitrogens with two attached hydrogens (primary N) is 1. The van der Waals surface area contributed by atoms with E-state index in [4.69, 9.17) is 10.5 Å². The first-order valence-corrected chi connectivity index (χ1v) is 7.75. The Balaban J connectivity index is 2.10. The molecule has 1 aromatic heterocycles. The van der Waals surface area contributed by atoms with Crippen molar-refractivity contribution in [2.24, 2.45) is 10.8 Å². The van der Waals surface area contributed by atoms with Gasteiger partial charge in [-0.1, -0.05) is 11.8 Å². The minimum atomic E-state index is 0.125. The first-order chi connectivity index (χ1) is 10.6. The van der Waals surface area contributed by atoms with Crippen molar-refractivity contribution in [2.45, 2.75) is 17.8 Å². The summed E-state index contributed by atoms with van der Waals surface area (Å²) in [4.78, 5) is 4.26. The van der Waals surface area contributed by atoms with Crippen molar-refractivity contribution < 1.29 is 4.74 Å². The van der Waals surface area contributed by atoms with Gasteiger partial charge in [0.15, 0.2) is 5.11 Å². The van der Waals surface area contributed by atoms with E-state index in [1.165, 1.54) is 11.8 Å². The number of hydrogen-bond acceptors (Lipinski definition) is 6. The van der Waals surface area contributed by atoms with Crippen LogP contribution in [0.5, 0.6) is 5.75 Å². The third-order valence-electron chi connectivity index (χ3n) is 2.63. The first-order valence-electron chi connectivity index (χ1n) is 6.35. The van der Waals surface area contributed by atoms with Gasteiger partial charge in [-0.15, -0.1) is 5.10 Å². The summed E-state index contributed by atoms with van der Waals surface area (Å²) >= 11 is 6.21. The Labute approximate surface area is 137 Å². The Kier molecular flexibility index (Phi) is 5.73. The lowest BCUT2D eigenvalue weighted by molar-refractivity contribution is 0.411. The van der Waals surface area contributed by atoms with Crippen molar-refractivity contribution in [1.82, 2.24) is 20.6 Å². The number of nitrogens with zero attached hydrogens (tertiary/aromatic N) is 3. The smallest absolute Gasteiger partial charge is 0.208 e.